The standard InChI is InChI=1S/C31H35N3O8/c1-5-39-27(35)20-41-26-16-15-24(40-19-22-9-7-6-8-10-22)17-25(26)28(29(36)37)33-23-13-11-21(12-14-23)18-32-34-30(38)42-31(2,3)4/h6-18,28,33H,5,19-20H2,1-4H3,(H,34,38)(H,36,37). The van der Waals surface area contributed by atoms with Gasteiger partial charge in [0.25, 0.3) is 0 Å². The van der Waals surface area contributed by atoms with E-state index in [0.29, 0.717) is 17.0 Å². The molecule has 3 aromatic rings. The van der Waals surface area contributed by atoms with Crippen molar-refractivity contribution in [1.29, 1.82) is 0 Å². The highest BCUT2D eigenvalue weighted by Crippen LogP contribution is 2.32. The van der Waals surface area contributed by atoms with E-state index >= 15 is 0 Å². The Morgan fingerprint density at radius 3 is 2.33 bits per heavy atom. The summed E-state index contributed by atoms with van der Waals surface area (Å²) in [6.45, 7) is 7.00. The van der Waals surface area contributed by atoms with Crippen molar-refractivity contribution in [1.82, 2.24) is 5.43 Å². The van der Waals surface area contributed by atoms with Gasteiger partial charge in [0, 0.05) is 11.3 Å². The first kappa shape index (κ1) is 31.5. The summed E-state index contributed by atoms with van der Waals surface area (Å²) in [6, 6.07) is 19.8. The molecule has 11 nitrogen and oxygen atoms in total. The Bertz CT molecular complexity index is 1370. The van der Waals surface area contributed by atoms with E-state index in [9.17, 15) is 19.5 Å². The molecule has 1 amide bonds. The Balaban J connectivity index is 1.78. The zero-order chi connectivity index (χ0) is 30.5. The molecule has 1 atom stereocenters. The Hall–Kier alpha value is -5.06. The number of carbonyl (C=O) groups is 3. The number of nitrogens with zero attached hydrogens (tertiary/aromatic N) is 1. The Labute approximate surface area is 244 Å². The molecule has 0 radical (unpaired) electrons. The molecule has 0 saturated carbocycles. The third kappa shape index (κ3) is 10.5. The number of carboxylic acids is 1. The summed E-state index contributed by atoms with van der Waals surface area (Å²) in [4.78, 5) is 36.1. The smallest absolute Gasteiger partial charge is 0.428 e. The molecular weight excluding hydrogens is 542 g/mol. The molecule has 3 aromatic carbocycles. The molecule has 0 saturated heterocycles. The van der Waals surface area contributed by atoms with Gasteiger partial charge in [-0.25, -0.2) is 19.8 Å². The molecule has 0 aromatic heterocycles. The number of anilines is 1. The first-order chi connectivity index (χ1) is 20.0. The van der Waals surface area contributed by atoms with Crippen LogP contribution >= 0.6 is 0 Å². The fourth-order valence-corrected chi connectivity index (χ4v) is 3.62. The Morgan fingerprint density at radius 2 is 1.69 bits per heavy atom. The number of carbonyl (C=O) groups excluding carboxylic acids is 2. The average Bonchev–Trinajstić information content (AvgIpc) is 2.94. The lowest BCUT2D eigenvalue weighted by Gasteiger charge is -2.21. The van der Waals surface area contributed by atoms with E-state index < -0.39 is 29.7 Å². The zero-order valence-corrected chi connectivity index (χ0v) is 24.0. The minimum Gasteiger partial charge on any atom is -0.489 e. The number of aliphatic carboxylic acids is 1. The van der Waals surface area contributed by atoms with Crippen molar-refractivity contribution in [3.8, 4) is 11.5 Å². The van der Waals surface area contributed by atoms with Gasteiger partial charge in [0.1, 0.15) is 23.7 Å². The van der Waals surface area contributed by atoms with E-state index in [0.717, 1.165) is 5.56 Å². The quantitative estimate of drug-likeness (QED) is 0.140. The number of carboxylic acid groups (broad SMARTS) is 1. The van der Waals surface area contributed by atoms with E-state index in [1.54, 1.807) is 70.2 Å². The van der Waals surface area contributed by atoms with Crippen molar-refractivity contribution in [2.75, 3.05) is 18.5 Å². The molecule has 42 heavy (non-hydrogen) atoms. The second kappa shape index (κ2) is 15.1. The van der Waals surface area contributed by atoms with E-state index in [4.69, 9.17) is 18.9 Å². The second-order valence-corrected chi connectivity index (χ2v) is 9.98. The van der Waals surface area contributed by atoms with Gasteiger partial charge in [-0.1, -0.05) is 42.5 Å². The summed E-state index contributed by atoms with van der Waals surface area (Å²) < 4.78 is 21.6. The molecule has 0 aliphatic rings. The Kier molecular flexibility index (Phi) is 11.3. The highest BCUT2D eigenvalue weighted by Gasteiger charge is 2.25. The summed E-state index contributed by atoms with van der Waals surface area (Å²) in [5.74, 6) is -1.14. The third-order valence-electron chi connectivity index (χ3n) is 5.43. The SMILES string of the molecule is CCOC(=O)COc1ccc(OCc2ccccc2)cc1C(Nc1ccc(C=NNC(=O)OC(C)(C)C)cc1)C(=O)O. The molecule has 1 unspecified atom stereocenters. The van der Waals surface area contributed by atoms with Crippen molar-refractivity contribution in [3.05, 3.63) is 89.5 Å². The average molecular weight is 578 g/mol. The van der Waals surface area contributed by atoms with Gasteiger partial charge in [-0.3, -0.25) is 0 Å². The van der Waals surface area contributed by atoms with Crippen molar-refractivity contribution < 1.29 is 38.4 Å². The van der Waals surface area contributed by atoms with Gasteiger partial charge in [-0.2, -0.15) is 5.10 Å². The number of benzene rings is 3. The van der Waals surface area contributed by atoms with Crippen LogP contribution in [-0.2, 0) is 25.7 Å². The topological polar surface area (TPSA) is 145 Å². The lowest BCUT2D eigenvalue weighted by atomic mass is 10.0. The van der Waals surface area contributed by atoms with Crippen LogP contribution in [-0.4, -0.2) is 48.2 Å². The second-order valence-electron chi connectivity index (χ2n) is 9.98. The fourth-order valence-electron chi connectivity index (χ4n) is 3.62. The van der Waals surface area contributed by atoms with Gasteiger partial charge in [-0.05, 0) is 69.2 Å². The predicted octanol–water partition coefficient (Wildman–Crippen LogP) is 5.30. The van der Waals surface area contributed by atoms with Crippen LogP contribution in [0.5, 0.6) is 11.5 Å². The minimum absolute atomic E-state index is 0.187. The summed E-state index contributed by atoms with van der Waals surface area (Å²) in [5.41, 5.74) is 3.98. The number of ether oxygens (including phenoxy) is 4. The summed E-state index contributed by atoms with van der Waals surface area (Å²) in [6.07, 6.45) is 0.745. The number of esters is 1. The number of nitrogens with one attached hydrogen (secondary N) is 2. The molecule has 3 rings (SSSR count). The van der Waals surface area contributed by atoms with Crippen LogP contribution < -0.4 is 20.2 Å². The summed E-state index contributed by atoms with van der Waals surface area (Å²) in [5, 5.41) is 17.0. The van der Waals surface area contributed by atoms with Gasteiger partial charge in [0.05, 0.1) is 12.8 Å². The normalized spacial score (nSPS) is 11.8. The highest BCUT2D eigenvalue weighted by molar-refractivity contribution is 5.83. The lowest BCUT2D eigenvalue weighted by Crippen LogP contribution is -2.29. The molecule has 3 N–H and O–H groups in total. The van der Waals surface area contributed by atoms with Gasteiger partial charge in [0.15, 0.2) is 12.6 Å². The van der Waals surface area contributed by atoms with Crippen molar-refractivity contribution in [2.24, 2.45) is 5.10 Å². The fraction of sp³-hybridized carbons (Fsp3) is 0.290. The molecule has 0 bridgehead atoms. The van der Waals surface area contributed by atoms with Gasteiger partial charge < -0.3 is 29.4 Å². The highest BCUT2D eigenvalue weighted by atomic mass is 16.6. The van der Waals surface area contributed by atoms with Gasteiger partial charge in [0.2, 0.25) is 0 Å². The van der Waals surface area contributed by atoms with Crippen LogP contribution in [0, 0.1) is 0 Å². The summed E-state index contributed by atoms with van der Waals surface area (Å²) in [7, 11) is 0. The number of hydrogen-bond acceptors (Lipinski definition) is 9. The number of amides is 1. The van der Waals surface area contributed by atoms with E-state index in [1.165, 1.54) is 6.21 Å². The van der Waals surface area contributed by atoms with Crippen LogP contribution in [0.15, 0.2) is 77.9 Å². The number of hydrogen-bond donors (Lipinski definition) is 3. The zero-order valence-electron chi connectivity index (χ0n) is 24.0. The first-order valence-electron chi connectivity index (χ1n) is 13.2. The number of rotatable bonds is 13. The maximum Gasteiger partial charge on any atom is 0.428 e. The summed E-state index contributed by atoms with van der Waals surface area (Å²) >= 11 is 0. The van der Waals surface area contributed by atoms with Crippen LogP contribution in [0.4, 0.5) is 10.5 Å². The molecule has 0 heterocycles. The van der Waals surface area contributed by atoms with E-state index in [2.05, 4.69) is 15.8 Å². The van der Waals surface area contributed by atoms with E-state index in [1.807, 2.05) is 30.3 Å². The monoisotopic (exact) mass is 577 g/mol. The van der Waals surface area contributed by atoms with Crippen molar-refractivity contribution in [3.63, 3.8) is 0 Å². The maximum absolute atomic E-state index is 12.4. The van der Waals surface area contributed by atoms with Crippen molar-refractivity contribution in [2.45, 2.75) is 45.9 Å². The van der Waals surface area contributed by atoms with Crippen molar-refractivity contribution >= 4 is 29.9 Å². The van der Waals surface area contributed by atoms with E-state index in [-0.39, 0.29) is 31.1 Å². The Morgan fingerprint density at radius 1 is 0.976 bits per heavy atom. The third-order valence-corrected chi connectivity index (χ3v) is 5.43. The van der Waals surface area contributed by atoms with Gasteiger partial charge >= 0.3 is 18.0 Å². The van der Waals surface area contributed by atoms with Crippen LogP contribution in [0.1, 0.15) is 50.4 Å². The maximum atomic E-state index is 12.4. The molecule has 0 spiro atoms. The predicted molar refractivity (Wildman–Crippen MR) is 157 cm³/mol. The molecule has 0 fully saturated rings. The molecule has 0 aliphatic heterocycles. The molecule has 0 aliphatic carbocycles. The number of hydrazone groups is 1. The van der Waals surface area contributed by atoms with Crippen LogP contribution in [0.3, 0.4) is 0 Å². The molecule has 222 valence electrons. The van der Waals surface area contributed by atoms with Gasteiger partial charge in [-0.15, -0.1) is 0 Å². The largest absolute Gasteiger partial charge is 0.489 e. The van der Waals surface area contributed by atoms with Crippen LogP contribution in [0.25, 0.3) is 0 Å². The minimum atomic E-state index is -1.25. The molecule has 11 heteroatoms. The first-order valence-corrected chi connectivity index (χ1v) is 13.2. The van der Waals surface area contributed by atoms with Crippen LogP contribution in [0.2, 0.25) is 0 Å². The lowest BCUT2D eigenvalue weighted by molar-refractivity contribution is -0.145. The molecular formula is C31H35N3O8.